The Labute approximate surface area is 350 Å². The number of allylic oxidation sites excluding steroid dienone is 10. The molecule has 12 rings (SSSR count). The van der Waals surface area contributed by atoms with Crippen molar-refractivity contribution in [2.24, 2.45) is 11.8 Å². The molecule has 5 atom stereocenters. The Morgan fingerprint density at radius 2 is 1.27 bits per heavy atom. The minimum Gasteiger partial charge on any atom is -0.456 e. The molecule has 5 unspecified atom stereocenters. The molecular formula is C56H43N3O. The summed E-state index contributed by atoms with van der Waals surface area (Å²) in [5.41, 5.74) is 14.2. The highest BCUT2D eigenvalue weighted by atomic mass is 16.3. The van der Waals surface area contributed by atoms with Gasteiger partial charge in [-0.05, 0) is 74.9 Å². The van der Waals surface area contributed by atoms with Gasteiger partial charge in [0.25, 0.3) is 0 Å². The molecule has 2 heterocycles. The average molecular weight is 774 g/mol. The van der Waals surface area contributed by atoms with Crippen LogP contribution < -0.4 is 0 Å². The fourth-order valence-corrected chi connectivity index (χ4v) is 10.6. The number of furan rings is 1. The van der Waals surface area contributed by atoms with Crippen molar-refractivity contribution >= 4 is 23.1 Å². The highest BCUT2D eigenvalue weighted by Gasteiger charge is 2.44. The molecule has 0 radical (unpaired) electrons. The van der Waals surface area contributed by atoms with E-state index in [1.807, 2.05) is 18.2 Å². The lowest BCUT2D eigenvalue weighted by Crippen LogP contribution is -2.24. The summed E-state index contributed by atoms with van der Waals surface area (Å²) in [5, 5.41) is 1.19. The summed E-state index contributed by atoms with van der Waals surface area (Å²) in [5.74, 6) is 4.91. The molecule has 0 N–H and O–H groups in total. The molecule has 0 saturated carbocycles. The molecule has 4 heteroatoms. The van der Waals surface area contributed by atoms with Gasteiger partial charge < -0.3 is 4.42 Å². The van der Waals surface area contributed by atoms with E-state index in [4.69, 9.17) is 19.4 Å². The van der Waals surface area contributed by atoms with Gasteiger partial charge in [0, 0.05) is 51.3 Å². The molecule has 60 heavy (non-hydrogen) atoms. The van der Waals surface area contributed by atoms with Gasteiger partial charge in [-0.1, -0.05) is 178 Å². The van der Waals surface area contributed by atoms with Crippen molar-refractivity contribution in [2.75, 3.05) is 0 Å². The second kappa shape index (κ2) is 13.6. The Morgan fingerprint density at radius 1 is 0.567 bits per heavy atom. The normalized spacial score (nSPS) is 22.3. The van der Waals surface area contributed by atoms with Gasteiger partial charge in [-0.3, -0.25) is 0 Å². The van der Waals surface area contributed by atoms with E-state index < -0.39 is 0 Å². The monoisotopic (exact) mass is 773 g/mol. The average Bonchev–Trinajstić information content (AvgIpc) is 3.80. The zero-order valence-corrected chi connectivity index (χ0v) is 33.7. The molecule has 0 saturated heterocycles. The number of nitrogens with zero attached hydrogens (tertiary/aromatic N) is 3. The summed E-state index contributed by atoms with van der Waals surface area (Å²) >= 11 is 0. The van der Waals surface area contributed by atoms with Gasteiger partial charge >= 0.3 is 0 Å². The van der Waals surface area contributed by atoms with Crippen LogP contribution in [0.15, 0.2) is 174 Å². The third kappa shape index (κ3) is 5.62. The van der Waals surface area contributed by atoms with Crippen LogP contribution in [0.5, 0.6) is 0 Å². The Bertz CT molecular complexity index is 3060. The third-order valence-electron chi connectivity index (χ3n) is 13.8. The second-order valence-electron chi connectivity index (χ2n) is 17.5. The molecule has 0 amide bonds. The maximum Gasteiger partial charge on any atom is 0.164 e. The van der Waals surface area contributed by atoms with Crippen LogP contribution in [0.3, 0.4) is 0 Å². The van der Waals surface area contributed by atoms with Crippen LogP contribution in [0.2, 0.25) is 0 Å². The predicted octanol–water partition coefficient (Wildman–Crippen LogP) is 13.6. The van der Waals surface area contributed by atoms with Crippen LogP contribution in [0.1, 0.15) is 70.7 Å². The van der Waals surface area contributed by atoms with Crippen molar-refractivity contribution in [1.29, 1.82) is 0 Å². The summed E-state index contributed by atoms with van der Waals surface area (Å²) in [6.45, 7) is 4.73. The van der Waals surface area contributed by atoms with Gasteiger partial charge in [-0.15, -0.1) is 0 Å². The van der Waals surface area contributed by atoms with Crippen LogP contribution >= 0.6 is 0 Å². The van der Waals surface area contributed by atoms with E-state index >= 15 is 0 Å². The van der Waals surface area contributed by atoms with E-state index in [1.54, 1.807) is 0 Å². The molecule has 7 aromatic rings. The van der Waals surface area contributed by atoms with E-state index in [2.05, 4.69) is 178 Å². The van der Waals surface area contributed by atoms with Gasteiger partial charge in [-0.25, -0.2) is 15.0 Å². The number of fused-ring (bicyclic) bond motifs is 9. The lowest BCUT2D eigenvalue weighted by molar-refractivity contribution is 0.394. The molecule has 288 valence electrons. The maximum atomic E-state index is 6.51. The van der Waals surface area contributed by atoms with Crippen molar-refractivity contribution in [3.05, 3.63) is 209 Å². The van der Waals surface area contributed by atoms with Gasteiger partial charge in [0.05, 0.1) is 0 Å². The Hall–Kier alpha value is -6.91. The van der Waals surface area contributed by atoms with Gasteiger partial charge in [0.1, 0.15) is 11.3 Å². The zero-order chi connectivity index (χ0) is 40.0. The molecule has 5 aliphatic rings. The number of hydrogen-bond donors (Lipinski definition) is 0. The van der Waals surface area contributed by atoms with Crippen molar-refractivity contribution < 1.29 is 4.42 Å². The molecule has 4 nitrogen and oxygen atoms in total. The smallest absolute Gasteiger partial charge is 0.164 e. The highest BCUT2D eigenvalue weighted by molar-refractivity contribution is 5.99. The third-order valence-corrected chi connectivity index (χ3v) is 13.8. The summed E-state index contributed by atoms with van der Waals surface area (Å²) in [7, 11) is 0. The minimum absolute atomic E-state index is 0.00682. The van der Waals surface area contributed by atoms with E-state index in [9.17, 15) is 0 Å². The van der Waals surface area contributed by atoms with Gasteiger partial charge in [0.15, 0.2) is 17.5 Å². The van der Waals surface area contributed by atoms with Crippen LogP contribution in [0.25, 0.3) is 68.4 Å². The van der Waals surface area contributed by atoms with Crippen molar-refractivity contribution in [3.63, 3.8) is 0 Å². The Balaban J connectivity index is 0.888. The Kier molecular flexibility index (Phi) is 7.93. The van der Waals surface area contributed by atoms with E-state index in [-0.39, 0.29) is 11.3 Å². The fraction of sp³-hybridized carbons (Fsp3) is 0.161. The van der Waals surface area contributed by atoms with Crippen molar-refractivity contribution in [1.82, 2.24) is 15.0 Å². The van der Waals surface area contributed by atoms with Gasteiger partial charge in [0.2, 0.25) is 0 Å². The van der Waals surface area contributed by atoms with E-state index in [1.165, 1.54) is 44.3 Å². The first-order valence-corrected chi connectivity index (χ1v) is 21.3. The van der Waals surface area contributed by atoms with Crippen LogP contribution in [0, 0.1) is 11.8 Å². The number of rotatable bonds is 5. The predicted molar refractivity (Wildman–Crippen MR) is 244 cm³/mol. The van der Waals surface area contributed by atoms with Gasteiger partial charge in [-0.2, -0.15) is 0 Å². The van der Waals surface area contributed by atoms with Crippen LogP contribution in [-0.2, 0) is 11.8 Å². The first-order chi connectivity index (χ1) is 29.5. The molecule has 5 aliphatic carbocycles. The molecule has 0 spiro atoms. The SMILES string of the molecule is CC1(C)c2cc(-c3nc(-c4ccccc4)nc(-c4ccc(-c5cccc6oc7c(c56)CC(c5ccc6c(c5)C=CC5C=CC=CC65)C=C7)cc4)n3)ccc2C2C=CC=CC21. The largest absolute Gasteiger partial charge is 0.456 e. The van der Waals surface area contributed by atoms with Crippen LogP contribution in [-0.4, -0.2) is 15.0 Å². The summed E-state index contributed by atoms with van der Waals surface area (Å²) < 4.78 is 6.51. The standard InChI is InChI=1S/C56H43N3O/c1-56(2)48-17-9-8-15-45(48)46-29-26-41(33-49(46)56)55-58-53(36-12-4-3-5-13-36)57-54(59-55)37-22-19-35(20-23-37)44-16-10-18-51-52(44)47-32-39(27-30-50(47)60-51)38-25-28-43-40(31-38)24-21-34-11-6-7-14-42(34)43/h3-31,33-34,39,42,45,48H,32H2,1-2H3. The quantitative estimate of drug-likeness (QED) is 0.175. The lowest BCUT2D eigenvalue weighted by Gasteiger charge is -2.29. The topological polar surface area (TPSA) is 51.8 Å². The molecule has 0 aliphatic heterocycles. The summed E-state index contributed by atoms with van der Waals surface area (Å²) in [6, 6.07) is 39.2. The molecule has 5 aromatic carbocycles. The zero-order valence-electron chi connectivity index (χ0n) is 33.7. The Morgan fingerprint density at radius 3 is 2.10 bits per heavy atom. The summed E-state index contributed by atoms with van der Waals surface area (Å²) in [4.78, 5) is 15.3. The second-order valence-corrected chi connectivity index (χ2v) is 17.5. The molecule has 0 bridgehead atoms. The summed E-state index contributed by atoms with van der Waals surface area (Å²) in [6.07, 6.45) is 28.1. The first-order valence-electron chi connectivity index (χ1n) is 21.3. The van der Waals surface area contributed by atoms with Crippen molar-refractivity contribution in [2.45, 2.75) is 43.4 Å². The minimum atomic E-state index is -0.00682. The van der Waals surface area contributed by atoms with E-state index in [0.29, 0.717) is 41.1 Å². The van der Waals surface area contributed by atoms with E-state index in [0.717, 1.165) is 40.0 Å². The lowest BCUT2D eigenvalue weighted by atomic mass is 9.74. The van der Waals surface area contributed by atoms with Crippen LogP contribution in [0.4, 0.5) is 0 Å². The number of benzene rings is 5. The first kappa shape index (κ1) is 35.1. The molecule has 2 aromatic heterocycles. The number of hydrogen-bond acceptors (Lipinski definition) is 4. The maximum absolute atomic E-state index is 6.51. The molecular weight excluding hydrogens is 731 g/mol. The number of aromatic nitrogens is 3. The highest BCUT2D eigenvalue weighted by Crippen LogP contribution is 2.53. The molecule has 0 fully saturated rings. The fourth-order valence-electron chi connectivity index (χ4n) is 10.6. The van der Waals surface area contributed by atoms with Crippen molar-refractivity contribution in [3.8, 4) is 45.3 Å².